The van der Waals surface area contributed by atoms with Crippen molar-refractivity contribution in [3.63, 3.8) is 0 Å². The van der Waals surface area contributed by atoms with Crippen LogP contribution in [0.25, 0.3) is 16.9 Å². The largest absolute Gasteiger partial charge is 0.339 e. The Hall–Kier alpha value is -4.53. The number of imidazole rings is 1. The number of nitrogens with two attached hydrogens (primary N) is 1. The predicted molar refractivity (Wildman–Crippen MR) is 157 cm³/mol. The van der Waals surface area contributed by atoms with Gasteiger partial charge in [0.2, 0.25) is 5.91 Å². The van der Waals surface area contributed by atoms with Crippen molar-refractivity contribution in [3.8, 4) is 11.3 Å². The maximum absolute atomic E-state index is 13.8. The van der Waals surface area contributed by atoms with E-state index in [1.807, 2.05) is 17.9 Å². The zero-order valence-corrected chi connectivity index (χ0v) is 24.5. The Morgan fingerprint density at radius 3 is 2.47 bits per heavy atom. The molecule has 2 fully saturated rings. The lowest BCUT2D eigenvalue weighted by Crippen LogP contribution is -2.54. The zero-order valence-electron chi connectivity index (χ0n) is 24.5. The third-order valence-electron chi connectivity index (χ3n) is 8.41. The molecule has 1 aliphatic heterocycles. The SMILES string of the molecule is CCc1cc(Nc2nccn3c(-c4cn(CC(F)F)nc4C(F)F)cnc23)ccc1C(=O)N1CCN(C(=O)[C@H]2C[C@H](N)C2)CC1. The summed E-state index contributed by atoms with van der Waals surface area (Å²) >= 11 is 0. The number of nitrogens with zero attached hydrogens (tertiary/aromatic N) is 7. The Balaban J connectivity index is 1.18. The molecule has 1 saturated carbocycles. The molecule has 1 aromatic carbocycles. The molecular formula is C30H33F4N9O2. The van der Waals surface area contributed by atoms with Crippen LogP contribution in [-0.2, 0) is 17.8 Å². The van der Waals surface area contributed by atoms with Crippen molar-refractivity contribution in [2.45, 2.75) is 51.6 Å². The van der Waals surface area contributed by atoms with Gasteiger partial charge in [0.1, 0.15) is 12.2 Å². The van der Waals surface area contributed by atoms with Crippen molar-refractivity contribution in [3.05, 3.63) is 59.8 Å². The summed E-state index contributed by atoms with van der Waals surface area (Å²) < 4.78 is 55.7. The van der Waals surface area contributed by atoms with Crippen molar-refractivity contribution < 1.29 is 27.2 Å². The van der Waals surface area contributed by atoms with E-state index in [0.29, 0.717) is 55.3 Å². The van der Waals surface area contributed by atoms with Gasteiger partial charge < -0.3 is 20.9 Å². The number of halogens is 4. The van der Waals surface area contributed by atoms with Gasteiger partial charge in [-0.15, -0.1) is 0 Å². The van der Waals surface area contributed by atoms with Gasteiger partial charge in [0, 0.05) is 73.5 Å². The molecule has 4 aromatic rings. The topological polar surface area (TPSA) is 127 Å². The molecule has 238 valence electrons. The highest BCUT2D eigenvalue weighted by Gasteiger charge is 2.36. The van der Waals surface area contributed by atoms with Crippen molar-refractivity contribution in [1.82, 2.24) is 33.9 Å². The number of carbonyl (C=O) groups is 2. The van der Waals surface area contributed by atoms with Crippen LogP contribution in [0, 0.1) is 5.92 Å². The smallest absolute Gasteiger partial charge is 0.282 e. The average molecular weight is 628 g/mol. The second-order valence-electron chi connectivity index (χ2n) is 11.4. The first kappa shape index (κ1) is 30.5. The molecular weight excluding hydrogens is 594 g/mol. The van der Waals surface area contributed by atoms with Gasteiger partial charge in [-0.25, -0.2) is 27.5 Å². The van der Waals surface area contributed by atoms with E-state index in [9.17, 15) is 27.2 Å². The van der Waals surface area contributed by atoms with E-state index in [1.165, 1.54) is 23.0 Å². The molecule has 11 nitrogen and oxygen atoms in total. The highest BCUT2D eigenvalue weighted by Crippen LogP contribution is 2.33. The summed E-state index contributed by atoms with van der Waals surface area (Å²) in [5.41, 5.74) is 7.81. The number of fused-ring (bicyclic) bond motifs is 1. The van der Waals surface area contributed by atoms with Crippen molar-refractivity contribution >= 4 is 29.0 Å². The molecule has 45 heavy (non-hydrogen) atoms. The van der Waals surface area contributed by atoms with Gasteiger partial charge in [0.15, 0.2) is 11.5 Å². The van der Waals surface area contributed by atoms with E-state index in [2.05, 4.69) is 20.4 Å². The van der Waals surface area contributed by atoms with Crippen molar-refractivity contribution in [2.24, 2.45) is 11.7 Å². The van der Waals surface area contributed by atoms with Crippen LogP contribution in [0.15, 0.2) is 43.0 Å². The average Bonchev–Trinajstić information content (AvgIpc) is 3.63. The van der Waals surface area contributed by atoms with Gasteiger partial charge in [-0.3, -0.25) is 18.7 Å². The molecule has 3 N–H and O–H groups in total. The molecule has 6 rings (SSSR count). The van der Waals surface area contributed by atoms with E-state index in [1.54, 1.807) is 17.0 Å². The lowest BCUT2D eigenvalue weighted by atomic mass is 9.80. The van der Waals surface area contributed by atoms with Crippen LogP contribution >= 0.6 is 0 Å². The second kappa shape index (κ2) is 12.5. The summed E-state index contributed by atoms with van der Waals surface area (Å²) in [4.78, 5) is 38.5. The Morgan fingerprint density at radius 2 is 1.80 bits per heavy atom. The van der Waals surface area contributed by atoms with E-state index in [4.69, 9.17) is 5.73 Å². The fourth-order valence-electron chi connectivity index (χ4n) is 5.97. The molecule has 0 radical (unpaired) electrons. The third-order valence-corrected chi connectivity index (χ3v) is 8.41. The maximum Gasteiger partial charge on any atom is 0.282 e. The van der Waals surface area contributed by atoms with E-state index in [0.717, 1.165) is 29.3 Å². The van der Waals surface area contributed by atoms with Gasteiger partial charge in [0.05, 0.1) is 11.9 Å². The number of alkyl halides is 4. The molecule has 3 aromatic heterocycles. The van der Waals surface area contributed by atoms with Crippen LogP contribution in [-0.4, -0.2) is 84.4 Å². The van der Waals surface area contributed by atoms with E-state index in [-0.39, 0.29) is 35.0 Å². The summed E-state index contributed by atoms with van der Waals surface area (Å²) in [7, 11) is 0. The summed E-state index contributed by atoms with van der Waals surface area (Å²) in [6.45, 7) is 3.03. The maximum atomic E-state index is 13.8. The third kappa shape index (κ3) is 6.08. The fourth-order valence-corrected chi connectivity index (χ4v) is 5.97. The minimum atomic E-state index is -2.98. The van der Waals surface area contributed by atoms with Gasteiger partial charge in [0.25, 0.3) is 18.8 Å². The van der Waals surface area contributed by atoms with Crippen LogP contribution < -0.4 is 11.1 Å². The van der Waals surface area contributed by atoms with Crippen LogP contribution in [0.5, 0.6) is 0 Å². The Labute approximate surface area is 256 Å². The van der Waals surface area contributed by atoms with E-state index < -0.39 is 25.1 Å². The normalized spacial score (nSPS) is 18.6. The molecule has 1 aliphatic carbocycles. The minimum Gasteiger partial charge on any atom is -0.339 e. The minimum absolute atomic E-state index is 0.00468. The van der Waals surface area contributed by atoms with Crippen molar-refractivity contribution in [1.29, 1.82) is 0 Å². The molecule has 4 heterocycles. The molecule has 0 unspecified atom stereocenters. The van der Waals surface area contributed by atoms with Gasteiger partial charge >= 0.3 is 0 Å². The number of amides is 2. The molecule has 0 spiro atoms. The lowest BCUT2D eigenvalue weighted by Gasteiger charge is -2.40. The van der Waals surface area contributed by atoms with Crippen LogP contribution in [0.4, 0.5) is 29.1 Å². The number of aromatic nitrogens is 5. The number of carbonyl (C=O) groups excluding carboxylic acids is 2. The molecule has 0 atom stereocenters. The number of hydrogen-bond acceptors (Lipinski definition) is 7. The number of anilines is 2. The van der Waals surface area contributed by atoms with Crippen LogP contribution in [0.2, 0.25) is 0 Å². The fraction of sp³-hybridized carbons (Fsp3) is 0.433. The Morgan fingerprint density at radius 1 is 1.07 bits per heavy atom. The summed E-state index contributed by atoms with van der Waals surface area (Å²) in [6.07, 6.45) is 1.83. The van der Waals surface area contributed by atoms with Gasteiger partial charge in [-0.1, -0.05) is 6.92 Å². The highest BCUT2D eigenvalue weighted by molar-refractivity contribution is 5.96. The Bertz CT molecular complexity index is 1710. The van der Waals surface area contributed by atoms with Gasteiger partial charge in [-0.2, -0.15) is 5.10 Å². The van der Waals surface area contributed by atoms with Gasteiger partial charge in [-0.05, 0) is 43.0 Å². The molecule has 0 bridgehead atoms. The quantitative estimate of drug-likeness (QED) is 0.268. The first-order valence-corrected chi connectivity index (χ1v) is 14.8. The molecule has 2 amide bonds. The van der Waals surface area contributed by atoms with Crippen LogP contribution in [0.1, 0.15) is 47.8 Å². The first-order valence-electron chi connectivity index (χ1n) is 14.8. The van der Waals surface area contributed by atoms with Crippen LogP contribution in [0.3, 0.4) is 0 Å². The molecule has 2 aliphatic rings. The predicted octanol–water partition coefficient (Wildman–Crippen LogP) is 4.12. The number of nitrogens with one attached hydrogen (secondary N) is 1. The summed E-state index contributed by atoms with van der Waals surface area (Å²) in [5, 5.41) is 6.87. The number of aryl methyl sites for hydroxylation is 1. The monoisotopic (exact) mass is 627 g/mol. The second-order valence-corrected chi connectivity index (χ2v) is 11.4. The first-order chi connectivity index (χ1) is 21.6. The standard InChI is InChI=1S/C30H33F4N9O2/c1-2-17-13-20(3-4-21(17)30(45)41-9-7-40(8-10-41)29(44)18-11-19(35)12-18)38-27-28-37-14-23(43(28)6-5-36-27)22-15-42(16-24(31)32)39-25(22)26(33)34/h3-6,13-15,18-19,24,26H,2,7-12,16,35H2,1H3,(H,36,38)/t18-,19-. The highest BCUT2D eigenvalue weighted by atomic mass is 19.3. The number of benzene rings is 1. The number of rotatable bonds is 9. The zero-order chi connectivity index (χ0) is 31.8. The molecule has 1 saturated heterocycles. The Kier molecular flexibility index (Phi) is 8.44. The lowest BCUT2D eigenvalue weighted by molar-refractivity contribution is -0.140. The summed E-state index contributed by atoms with van der Waals surface area (Å²) in [6, 6.07) is 5.46. The van der Waals surface area contributed by atoms with Crippen molar-refractivity contribution in [2.75, 3.05) is 31.5 Å². The number of hydrogen-bond donors (Lipinski definition) is 2. The molecule has 15 heteroatoms. The van der Waals surface area contributed by atoms with E-state index >= 15 is 0 Å². The summed E-state index contributed by atoms with van der Waals surface area (Å²) in [5.74, 6) is 0.348. The number of piperazine rings is 1.